The molecule has 1 amide bonds. The number of carbonyl (C=O) groups is 1. The largest absolute Gasteiger partial charge is 0.342 e. The number of nitrogens with one attached hydrogen (secondary N) is 1. The van der Waals surface area contributed by atoms with Crippen LogP contribution in [0.25, 0.3) is 0 Å². The Morgan fingerprint density at radius 2 is 2.00 bits per heavy atom. The molecule has 1 aliphatic rings. The van der Waals surface area contributed by atoms with E-state index in [0.717, 1.165) is 13.0 Å². The van der Waals surface area contributed by atoms with Crippen molar-refractivity contribution >= 4 is 5.91 Å². The molecule has 94 valence electrons. The van der Waals surface area contributed by atoms with Crippen LogP contribution in [-0.2, 0) is 4.79 Å². The summed E-state index contributed by atoms with van der Waals surface area (Å²) in [5, 5.41) is 3.11. The number of hydrogen-bond acceptors (Lipinski definition) is 2. The summed E-state index contributed by atoms with van der Waals surface area (Å²) < 4.78 is 0. The zero-order valence-corrected chi connectivity index (χ0v) is 11.0. The maximum Gasteiger partial charge on any atom is 0.226 e. The molecule has 0 aromatic rings. The molecule has 0 bridgehead atoms. The minimum atomic E-state index is 0.150. The van der Waals surface area contributed by atoms with Gasteiger partial charge in [-0.3, -0.25) is 4.79 Å². The Morgan fingerprint density at radius 1 is 1.38 bits per heavy atom. The topological polar surface area (TPSA) is 32.3 Å². The number of amides is 1. The third-order valence-corrected chi connectivity index (χ3v) is 3.76. The van der Waals surface area contributed by atoms with E-state index in [1.807, 2.05) is 19.0 Å². The average Bonchev–Trinajstić information content (AvgIpc) is 2.35. The maximum atomic E-state index is 12.2. The van der Waals surface area contributed by atoms with Crippen LogP contribution < -0.4 is 5.32 Å². The fourth-order valence-corrected chi connectivity index (χ4v) is 2.59. The smallest absolute Gasteiger partial charge is 0.226 e. The minimum absolute atomic E-state index is 0.150. The van der Waals surface area contributed by atoms with E-state index in [9.17, 15) is 4.79 Å². The zero-order valence-electron chi connectivity index (χ0n) is 11.0. The first-order valence-electron chi connectivity index (χ1n) is 6.62. The summed E-state index contributed by atoms with van der Waals surface area (Å²) in [6, 6.07) is 0.493. The second kappa shape index (κ2) is 6.89. The third kappa shape index (κ3) is 3.48. The fourth-order valence-electron chi connectivity index (χ4n) is 2.59. The summed E-state index contributed by atoms with van der Waals surface area (Å²) in [5.41, 5.74) is 0. The summed E-state index contributed by atoms with van der Waals surface area (Å²) in [4.78, 5) is 14.3. The van der Waals surface area contributed by atoms with Crippen molar-refractivity contribution in [1.29, 1.82) is 0 Å². The van der Waals surface area contributed by atoms with Crippen LogP contribution in [0.3, 0.4) is 0 Å². The van der Waals surface area contributed by atoms with Gasteiger partial charge in [0, 0.05) is 19.6 Å². The monoisotopic (exact) mass is 226 g/mol. The van der Waals surface area contributed by atoms with Gasteiger partial charge in [0.15, 0.2) is 0 Å². The van der Waals surface area contributed by atoms with Crippen molar-refractivity contribution in [3.8, 4) is 0 Å². The van der Waals surface area contributed by atoms with Gasteiger partial charge in [0.1, 0.15) is 0 Å². The highest BCUT2D eigenvalue weighted by Gasteiger charge is 2.26. The lowest BCUT2D eigenvalue weighted by molar-refractivity contribution is -0.136. The van der Waals surface area contributed by atoms with Crippen molar-refractivity contribution in [2.75, 3.05) is 20.6 Å². The molecule has 0 aliphatic heterocycles. The summed E-state index contributed by atoms with van der Waals surface area (Å²) in [6.45, 7) is 2.89. The van der Waals surface area contributed by atoms with Crippen LogP contribution in [0.1, 0.15) is 45.4 Å². The van der Waals surface area contributed by atoms with E-state index in [-0.39, 0.29) is 5.92 Å². The second-order valence-corrected chi connectivity index (χ2v) is 4.90. The lowest BCUT2D eigenvalue weighted by atomic mass is 9.93. The quantitative estimate of drug-likeness (QED) is 0.778. The normalized spacial score (nSPS) is 19.4. The Bertz CT molecular complexity index is 212. The van der Waals surface area contributed by atoms with Crippen molar-refractivity contribution in [3.63, 3.8) is 0 Å². The summed E-state index contributed by atoms with van der Waals surface area (Å²) in [5.74, 6) is 0.473. The predicted octanol–water partition coefficient (Wildman–Crippen LogP) is 2.02. The number of rotatable bonds is 5. The van der Waals surface area contributed by atoms with Gasteiger partial charge in [0.05, 0.1) is 5.92 Å². The summed E-state index contributed by atoms with van der Waals surface area (Å²) in [7, 11) is 3.90. The third-order valence-electron chi connectivity index (χ3n) is 3.76. The molecule has 0 aromatic carbocycles. The molecule has 0 spiro atoms. The first-order chi connectivity index (χ1) is 7.70. The molecule has 1 aliphatic carbocycles. The van der Waals surface area contributed by atoms with Crippen LogP contribution in [0.5, 0.6) is 0 Å². The van der Waals surface area contributed by atoms with Gasteiger partial charge in [-0.1, -0.05) is 26.2 Å². The molecule has 0 saturated heterocycles. The minimum Gasteiger partial charge on any atom is -0.342 e. The van der Waals surface area contributed by atoms with Gasteiger partial charge in [0.2, 0.25) is 5.91 Å². The second-order valence-electron chi connectivity index (χ2n) is 4.90. The van der Waals surface area contributed by atoms with Gasteiger partial charge >= 0.3 is 0 Å². The molecular weight excluding hydrogens is 200 g/mol. The molecule has 1 atom stereocenters. The highest BCUT2D eigenvalue weighted by Crippen LogP contribution is 2.23. The molecule has 1 rings (SSSR count). The van der Waals surface area contributed by atoms with Gasteiger partial charge in [-0.15, -0.1) is 0 Å². The maximum absolute atomic E-state index is 12.2. The molecule has 3 nitrogen and oxygen atoms in total. The van der Waals surface area contributed by atoms with Gasteiger partial charge in [-0.05, 0) is 26.3 Å². The zero-order chi connectivity index (χ0) is 12.0. The molecule has 1 N–H and O–H groups in total. The molecule has 0 aromatic heterocycles. The van der Waals surface area contributed by atoms with E-state index in [1.165, 1.54) is 32.1 Å². The lowest BCUT2D eigenvalue weighted by Gasteiger charge is -2.33. The van der Waals surface area contributed by atoms with Gasteiger partial charge in [0.25, 0.3) is 0 Å². The Balaban J connectivity index is 2.49. The average molecular weight is 226 g/mol. The van der Waals surface area contributed by atoms with Crippen LogP contribution in [0.15, 0.2) is 0 Å². The summed E-state index contributed by atoms with van der Waals surface area (Å²) >= 11 is 0. The van der Waals surface area contributed by atoms with Gasteiger partial charge in [-0.2, -0.15) is 0 Å². The van der Waals surface area contributed by atoms with E-state index in [4.69, 9.17) is 0 Å². The van der Waals surface area contributed by atoms with Crippen LogP contribution in [0, 0.1) is 5.92 Å². The van der Waals surface area contributed by atoms with Gasteiger partial charge < -0.3 is 10.2 Å². The van der Waals surface area contributed by atoms with Crippen LogP contribution in [0.2, 0.25) is 0 Å². The highest BCUT2D eigenvalue weighted by atomic mass is 16.2. The van der Waals surface area contributed by atoms with Gasteiger partial charge in [-0.25, -0.2) is 0 Å². The van der Waals surface area contributed by atoms with E-state index in [1.54, 1.807) is 0 Å². The fraction of sp³-hybridized carbons (Fsp3) is 0.923. The number of hydrogen-bond donors (Lipinski definition) is 1. The Hall–Kier alpha value is -0.570. The van der Waals surface area contributed by atoms with Crippen molar-refractivity contribution in [2.45, 2.75) is 51.5 Å². The number of carbonyl (C=O) groups excluding carboxylic acids is 1. The van der Waals surface area contributed by atoms with E-state index < -0.39 is 0 Å². The summed E-state index contributed by atoms with van der Waals surface area (Å²) in [6.07, 6.45) is 7.22. The van der Waals surface area contributed by atoms with E-state index in [0.29, 0.717) is 11.9 Å². The van der Waals surface area contributed by atoms with E-state index >= 15 is 0 Å². The van der Waals surface area contributed by atoms with Crippen molar-refractivity contribution in [3.05, 3.63) is 0 Å². The SMILES string of the molecule is CCC(CNC)C(=O)N(C)C1CCCCC1. The van der Waals surface area contributed by atoms with Crippen molar-refractivity contribution in [1.82, 2.24) is 10.2 Å². The molecule has 3 heteroatoms. The molecule has 1 fully saturated rings. The molecule has 0 radical (unpaired) electrons. The molecular formula is C13H26N2O. The van der Waals surface area contributed by atoms with Crippen LogP contribution >= 0.6 is 0 Å². The standard InChI is InChI=1S/C13H26N2O/c1-4-11(10-14-2)13(16)15(3)12-8-6-5-7-9-12/h11-12,14H,4-10H2,1-3H3. The molecule has 1 saturated carbocycles. The van der Waals surface area contributed by atoms with Crippen molar-refractivity contribution in [2.24, 2.45) is 5.92 Å². The Morgan fingerprint density at radius 3 is 2.50 bits per heavy atom. The molecule has 0 heterocycles. The Kier molecular flexibility index (Phi) is 5.81. The van der Waals surface area contributed by atoms with Crippen LogP contribution in [0.4, 0.5) is 0 Å². The van der Waals surface area contributed by atoms with E-state index in [2.05, 4.69) is 12.2 Å². The first kappa shape index (κ1) is 13.5. The predicted molar refractivity (Wildman–Crippen MR) is 67.4 cm³/mol. The number of nitrogens with zero attached hydrogens (tertiary/aromatic N) is 1. The molecule has 1 unspecified atom stereocenters. The first-order valence-corrected chi connectivity index (χ1v) is 6.62. The Labute approximate surface area is 99.6 Å². The van der Waals surface area contributed by atoms with Crippen LogP contribution in [-0.4, -0.2) is 37.5 Å². The van der Waals surface area contributed by atoms with Crippen molar-refractivity contribution < 1.29 is 4.79 Å². The molecule has 16 heavy (non-hydrogen) atoms. The highest BCUT2D eigenvalue weighted by molar-refractivity contribution is 5.79. The lowest BCUT2D eigenvalue weighted by Crippen LogP contribution is -2.43.